The minimum Gasteiger partial charge on any atom is -0.379 e. The Kier molecular flexibility index (Phi) is 5.20. The van der Waals surface area contributed by atoms with Gasteiger partial charge in [0.05, 0.1) is 24.6 Å². The predicted molar refractivity (Wildman–Crippen MR) is 84.8 cm³/mol. The molecule has 1 aromatic rings. The highest BCUT2D eigenvalue weighted by molar-refractivity contribution is 7.16. The molecule has 0 atom stereocenters. The van der Waals surface area contributed by atoms with Gasteiger partial charge in [0.1, 0.15) is 11.1 Å². The van der Waals surface area contributed by atoms with Crippen molar-refractivity contribution >= 4 is 29.3 Å². The molecule has 0 fully saturated rings. The highest BCUT2D eigenvalue weighted by Crippen LogP contribution is 2.36. The molecule has 0 radical (unpaired) electrons. The van der Waals surface area contributed by atoms with Crippen LogP contribution in [0.1, 0.15) is 16.0 Å². The minimum atomic E-state index is -0.511. The third-order valence-corrected chi connectivity index (χ3v) is 4.42. The molecule has 0 unspecified atom stereocenters. The van der Waals surface area contributed by atoms with Gasteiger partial charge < -0.3 is 5.32 Å². The van der Waals surface area contributed by atoms with Crippen molar-refractivity contribution in [1.82, 2.24) is 4.90 Å². The van der Waals surface area contributed by atoms with Gasteiger partial charge in [-0.2, -0.15) is 5.26 Å². The fourth-order valence-corrected chi connectivity index (χ4v) is 3.43. The molecule has 0 saturated heterocycles. The SMILES string of the molecule is C=N/C=C(/F)C=NCN1CCc2c(sc(NC)c2C#N)C1. The summed E-state index contributed by atoms with van der Waals surface area (Å²) in [5, 5.41) is 13.2. The first kappa shape index (κ1) is 15.4. The molecule has 5 nitrogen and oxygen atoms in total. The van der Waals surface area contributed by atoms with Crippen LogP contribution in [0, 0.1) is 11.3 Å². The summed E-state index contributed by atoms with van der Waals surface area (Å²) in [4.78, 5) is 10.7. The van der Waals surface area contributed by atoms with Gasteiger partial charge in [-0.1, -0.05) is 0 Å². The molecule has 110 valence electrons. The van der Waals surface area contributed by atoms with E-state index in [1.165, 1.54) is 4.88 Å². The zero-order valence-electron chi connectivity index (χ0n) is 11.8. The van der Waals surface area contributed by atoms with Gasteiger partial charge in [0.15, 0.2) is 5.83 Å². The molecule has 1 aliphatic rings. The van der Waals surface area contributed by atoms with E-state index in [9.17, 15) is 9.65 Å². The number of aliphatic imine (C=N–C) groups is 2. The Morgan fingerprint density at radius 1 is 1.67 bits per heavy atom. The summed E-state index contributed by atoms with van der Waals surface area (Å²) in [5.74, 6) is -0.511. The van der Waals surface area contributed by atoms with Crippen molar-refractivity contribution in [3.63, 3.8) is 0 Å². The van der Waals surface area contributed by atoms with Crippen LogP contribution in [0.4, 0.5) is 9.39 Å². The largest absolute Gasteiger partial charge is 0.379 e. The van der Waals surface area contributed by atoms with E-state index >= 15 is 0 Å². The number of nitrogens with zero attached hydrogens (tertiary/aromatic N) is 4. The van der Waals surface area contributed by atoms with Crippen molar-refractivity contribution in [2.24, 2.45) is 9.98 Å². The molecule has 0 amide bonds. The maximum absolute atomic E-state index is 13.1. The Balaban J connectivity index is 2.04. The topological polar surface area (TPSA) is 63.8 Å². The van der Waals surface area contributed by atoms with E-state index in [2.05, 4.69) is 33.0 Å². The first-order valence-electron chi connectivity index (χ1n) is 6.45. The molecule has 0 aliphatic carbocycles. The summed E-state index contributed by atoms with van der Waals surface area (Å²) in [6.45, 7) is 5.15. The van der Waals surface area contributed by atoms with Gasteiger partial charge in [0.25, 0.3) is 0 Å². The second kappa shape index (κ2) is 7.11. The lowest BCUT2D eigenvalue weighted by Crippen LogP contribution is -2.30. The summed E-state index contributed by atoms with van der Waals surface area (Å²) in [5.41, 5.74) is 1.89. The van der Waals surface area contributed by atoms with Crippen molar-refractivity contribution in [1.29, 1.82) is 5.26 Å². The smallest absolute Gasteiger partial charge is 0.159 e. The Morgan fingerprint density at radius 2 is 2.48 bits per heavy atom. The maximum atomic E-state index is 13.1. The van der Waals surface area contributed by atoms with Crippen LogP contribution in [0.2, 0.25) is 0 Å². The Hall–Kier alpha value is -2.04. The molecule has 1 aromatic heterocycles. The quantitative estimate of drug-likeness (QED) is 0.850. The fraction of sp³-hybridized carbons (Fsp3) is 0.357. The summed E-state index contributed by atoms with van der Waals surface area (Å²) in [6, 6.07) is 2.27. The fourth-order valence-electron chi connectivity index (χ4n) is 2.24. The number of halogens is 1. The Morgan fingerprint density at radius 3 is 3.14 bits per heavy atom. The number of thiophene rings is 1. The molecule has 1 aliphatic heterocycles. The van der Waals surface area contributed by atoms with Gasteiger partial charge in [0, 0.05) is 25.0 Å². The molecule has 7 heteroatoms. The van der Waals surface area contributed by atoms with Crippen LogP contribution in [0.15, 0.2) is 22.0 Å². The highest BCUT2D eigenvalue weighted by atomic mass is 32.1. The molecule has 0 bridgehead atoms. The monoisotopic (exact) mass is 305 g/mol. The molecular weight excluding hydrogens is 289 g/mol. The van der Waals surface area contributed by atoms with E-state index in [1.54, 1.807) is 11.3 Å². The van der Waals surface area contributed by atoms with Gasteiger partial charge in [-0.25, -0.2) is 4.39 Å². The van der Waals surface area contributed by atoms with Gasteiger partial charge in [-0.05, 0) is 18.7 Å². The van der Waals surface area contributed by atoms with Crippen LogP contribution in [0.5, 0.6) is 0 Å². The van der Waals surface area contributed by atoms with Gasteiger partial charge in [-0.3, -0.25) is 14.9 Å². The van der Waals surface area contributed by atoms with Gasteiger partial charge in [0.2, 0.25) is 0 Å². The lowest BCUT2D eigenvalue weighted by Gasteiger charge is -2.24. The van der Waals surface area contributed by atoms with Gasteiger partial charge >= 0.3 is 0 Å². The van der Waals surface area contributed by atoms with Crippen LogP contribution in [-0.4, -0.2) is 38.1 Å². The van der Waals surface area contributed by atoms with E-state index in [0.29, 0.717) is 6.67 Å². The summed E-state index contributed by atoms with van der Waals surface area (Å²) in [6.07, 6.45) is 2.99. The molecule has 0 saturated carbocycles. The van der Waals surface area contributed by atoms with E-state index < -0.39 is 5.83 Å². The van der Waals surface area contributed by atoms with Crippen molar-refractivity contribution in [2.45, 2.75) is 13.0 Å². The standard InChI is InChI=1S/C14H16FN5S/c1-17-6-10(15)7-19-9-20-4-3-11-12(5-16)14(18-2)21-13(11)8-20/h6-7,18H,1,3-4,8-9H2,2H3/b10-6+,19-7?. The third kappa shape index (κ3) is 3.54. The van der Waals surface area contributed by atoms with E-state index in [0.717, 1.165) is 48.1 Å². The molecule has 2 heterocycles. The predicted octanol–water partition coefficient (Wildman–Crippen LogP) is 2.56. The van der Waals surface area contributed by atoms with E-state index in [1.807, 2.05) is 7.05 Å². The number of hydrogen-bond acceptors (Lipinski definition) is 6. The average molecular weight is 305 g/mol. The molecule has 0 aromatic carbocycles. The first-order chi connectivity index (χ1) is 10.2. The zero-order chi connectivity index (χ0) is 15.2. The van der Waals surface area contributed by atoms with E-state index in [-0.39, 0.29) is 0 Å². The molecule has 1 N–H and O–H groups in total. The number of hydrogen-bond donors (Lipinski definition) is 1. The van der Waals surface area contributed by atoms with Crippen LogP contribution < -0.4 is 5.32 Å². The Labute approximate surface area is 127 Å². The van der Waals surface area contributed by atoms with Crippen molar-refractivity contribution in [3.8, 4) is 6.07 Å². The average Bonchev–Trinajstić information content (AvgIpc) is 2.84. The van der Waals surface area contributed by atoms with Crippen LogP contribution in [0.3, 0.4) is 0 Å². The molecule has 2 rings (SSSR count). The van der Waals surface area contributed by atoms with Crippen LogP contribution >= 0.6 is 11.3 Å². The van der Waals surface area contributed by atoms with Crippen molar-refractivity contribution in [3.05, 3.63) is 28.0 Å². The van der Waals surface area contributed by atoms with Crippen molar-refractivity contribution < 1.29 is 4.39 Å². The maximum Gasteiger partial charge on any atom is 0.159 e. The second-order valence-electron chi connectivity index (χ2n) is 4.52. The van der Waals surface area contributed by atoms with Crippen LogP contribution in [-0.2, 0) is 13.0 Å². The summed E-state index contributed by atoms with van der Waals surface area (Å²) in [7, 11) is 1.82. The van der Waals surface area contributed by atoms with E-state index in [4.69, 9.17) is 0 Å². The number of rotatable bonds is 5. The minimum absolute atomic E-state index is 0.423. The molecular formula is C14H16FN5S. The number of nitriles is 1. The molecule has 21 heavy (non-hydrogen) atoms. The lowest BCUT2D eigenvalue weighted by molar-refractivity contribution is 0.266. The number of allylic oxidation sites excluding steroid dienone is 1. The van der Waals surface area contributed by atoms with Crippen LogP contribution in [0.25, 0.3) is 0 Å². The summed E-state index contributed by atoms with van der Waals surface area (Å²) < 4.78 is 13.1. The Bertz CT molecular complexity index is 626. The third-order valence-electron chi connectivity index (χ3n) is 3.19. The van der Waals surface area contributed by atoms with Crippen molar-refractivity contribution in [2.75, 3.05) is 25.6 Å². The lowest BCUT2D eigenvalue weighted by atomic mass is 10.0. The number of nitrogens with one attached hydrogen (secondary N) is 1. The van der Waals surface area contributed by atoms with Gasteiger partial charge in [-0.15, -0.1) is 11.3 Å². The first-order valence-corrected chi connectivity index (χ1v) is 7.27. The number of anilines is 1. The second-order valence-corrected chi connectivity index (χ2v) is 5.63. The normalized spacial score (nSPS) is 15.8. The zero-order valence-corrected chi connectivity index (χ0v) is 12.6. The number of fused-ring (bicyclic) bond motifs is 1. The summed E-state index contributed by atoms with van der Waals surface area (Å²) >= 11 is 1.60. The molecule has 0 spiro atoms. The highest BCUT2D eigenvalue weighted by Gasteiger charge is 2.23.